The number of pyridine rings is 1. The number of hydrogen-bond donors (Lipinski definition) is 1. The molecule has 10 nitrogen and oxygen atoms in total. The molecule has 33 heavy (non-hydrogen) atoms. The number of nitrogens with zero attached hydrogens (tertiary/aromatic N) is 7. The van der Waals surface area contributed by atoms with E-state index in [-0.39, 0.29) is 12.6 Å². The average Bonchev–Trinajstić information content (AvgIpc) is 3.20. The van der Waals surface area contributed by atoms with E-state index in [0.717, 1.165) is 15.3 Å². The van der Waals surface area contributed by atoms with Crippen molar-refractivity contribution >= 4 is 27.9 Å². The lowest BCUT2D eigenvalue weighted by atomic mass is 10.1. The Morgan fingerprint density at radius 2 is 1.97 bits per heavy atom. The van der Waals surface area contributed by atoms with Crippen molar-refractivity contribution in [3.63, 3.8) is 0 Å². The molecule has 0 saturated carbocycles. The van der Waals surface area contributed by atoms with Crippen molar-refractivity contribution < 1.29 is 0 Å². The first-order chi connectivity index (χ1) is 15.8. The molecule has 10 heteroatoms. The smallest absolute Gasteiger partial charge is 0.332 e. The fraction of sp³-hybridized carbons (Fsp3) is 0.348. The molecule has 2 N–H and O–H groups in total. The molecule has 0 aliphatic rings. The van der Waals surface area contributed by atoms with E-state index in [1.165, 1.54) is 4.57 Å². The molecule has 170 valence electrons. The molecule has 0 fully saturated rings. The molecule has 0 aliphatic heterocycles. The molecule has 3 aromatic heterocycles. The van der Waals surface area contributed by atoms with E-state index in [4.69, 9.17) is 5.73 Å². The first kappa shape index (κ1) is 22.2. The zero-order chi connectivity index (χ0) is 23.9. The second-order valence-corrected chi connectivity index (χ2v) is 8.20. The Bertz CT molecular complexity index is 1520. The van der Waals surface area contributed by atoms with Crippen LogP contribution in [0.2, 0.25) is 0 Å². The van der Waals surface area contributed by atoms with Crippen molar-refractivity contribution in [2.45, 2.75) is 33.0 Å². The Hall–Kier alpha value is -3.97. The van der Waals surface area contributed by atoms with Gasteiger partial charge in [0, 0.05) is 50.2 Å². The molecule has 0 amide bonds. The maximum Gasteiger partial charge on any atom is 0.332 e. The standard InChI is InChI=1S/C23H26N8O2/c1-5-30-19-20(27-22(30)28(3)12-14(2)25)29(4)23(33)31(21(19)32)13-18-17(10-24)16-9-7-6-8-15(16)11-26-18/h6-9,11,14H,5,12-13,25H2,1-4H3/t14-/m0/s1. The largest absolute Gasteiger partial charge is 0.344 e. The minimum Gasteiger partial charge on any atom is -0.344 e. The van der Waals surface area contributed by atoms with E-state index in [9.17, 15) is 14.9 Å². The highest BCUT2D eigenvalue weighted by atomic mass is 16.2. The van der Waals surface area contributed by atoms with Crippen LogP contribution < -0.4 is 21.9 Å². The molecular weight excluding hydrogens is 420 g/mol. The van der Waals surface area contributed by atoms with Crippen molar-refractivity contribution in [1.82, 2.24) is 23.7 Å². The van der Waals surface area contributed by atoms with Gasteiger partial charge in [-0.05, 0) is 13.8 Å². The van der Waals surface area contributed by atoms with Gasteiger partial charge in [0.2, 0.25) is 5.95 Å². The monoisotopic (exact) mass is 446 g/mol. The predicted molar refractivity (Wildman–Crippen MR) is 127 cm³/mol. The van der Waals surface area contributed by atoms with Gasteiger partial charge in [-0.3, -0.25) is 18.9 Å². The number of rotatable bonds is 6. The normalized spacial score (nSPS) is 12.2. The van der Waals surface area contributed by atoms with Crippen LogP contribution in [-0.2, 0) is 20.1 Å². The number of anilines is 1. The fourth-order valence-electron chi connectivity index (χ4n) is 4.20. The summed E-state index contributed by atoms with van der Waals surface area (Å²) >= 11 is 0. The quantitative estimate of drug-likeness (QED) is 0.471. The molecule has 0 saturated heterocycles. The minimum atomic E-state index is -0.520. The van der Waals surface area contributed by atoms with E-state index >= 15 is 0 Å². The van der Waals surface area contributed by atoms with Crippen LogP contribution in [0.1, 0.15) is 25.1 Å². The molecule has 0 aliphatic carbocycles. The summed E-state index contributed by atoms with van der Waals surface area (Å²) in [4.78, 5) is 37.6. The molecule has 1 atom stereocenters. The van der Waals surface area contributed by atoms with Crippen LogP contribution in [-0.4, -0.2) is 43.3 Å². The number of likely N-dealkylation sites (N-methyl/N-ethyl adjacent to an activating group) is 1. The predicted octanol–water partition coefficient (Wildman–Crippen LogP) is 1.17. The van der Waals surface area contributed by atoms with Gasteiger partial charge >= 0.3 is 5.69 Å². The third kappa shape index (κ3) is 3.66. The van der Waals surface area contributed by atoms with Gasteiger partial charge in [0.05, 0.1) is 17.8 Å². The van der Waals surface area contributed by atoms with Crippen molar-refractivity contribution in [2.24, 2.45) is 12.8 Å². The third-order valence-corrected chi connectivity index (χ3v) is 5.73. The van der Waals surface area contributed by atoms with E-state index in [2.05, 4.69) is 16.0 Å². The van der Waals surface area contributed by atoms with E-state index in [1.807, 2.05) is 50.1 Å². The van der Waals surface area contributed by atoms with Crippen molar-refractivity contribution in [3.05, 3.63) is 62.6 Å². The molecule has 0 bridgehead atoms. The lowest BCUT2D eigenvalue weighted by molar-refractivity contribution is 0.641. The fourth-order valence-corrected chi connectivity index (χ4v) is 4.20. The summed E-state index contributed by atoms with van der Waals surface area (Å²) < 4.78 is 4.26. The minimum absolute atomic E-state index is 0.0935. The Labute approximate surface area is 190 Å². The Kier molecular flexibility index (Phi) is 5.74. The zero-order valence-electron chi connectivity index (χ0n) is 19.1. The second kappa shape index (κ2) is 8.52. The molecule has 0 unspecified atom stereocenters. The molecular formula is C23H26N8O2. The molecule has 0 spiro atoms. The van der Waals surface area contributed by atoms with E-state index in [0.29, 0.717) is 41.5 Å². The van der Waals surface area contributed by atoms with Crippen molar-refractivity contribution in [3.8, 4) is 6.07 Å². The first-order valence-corrected chi connectivity index (χ1v) is 10.7. The summed E-state index contributed by atoms with van der Waals surface area (Å²) in [5.41, 5.74) is 6.30. The number of fused-ring (bicyclic) bond motifs is 2. The first-order valence-electron chi connectivity index (χ1n) is 10.7. The number of nitriles is 1. The van der Waals surface area contributed by atoms with Crippen LogP contribution in [0.25, 0.3) is 21.9 Å². The summed E-state index contributed by atoms with van der Waals surface area (Å²) in [6.07, 6.45) is 1.65. The number of nitrogens with two attached hydrogens (primary N) is 1. The maximum atomic E-state index is 13.5. The lowest BCUT2D eigenvalue weighted by Crippen LogP contribution is -2.40. The summed E-state index contributed by atoms with van der Waals surface area (Å²) in [5, 5.41) is 11.3. The van der Waals surface area contributed by atoms with Crippen molar-refractivity contribution in [2.75, 3.05) is 18.5 Å². The second-order valence-electron chi connectivity index (χ2n) is 8.20. The van der Waals surface area contributed by atoms with Crippen LogP contribution in [0.15, 0.2) is 40.1 Å². The highest BCUT2D eigenvalue weighted by Crippen LogP contribution is 2.21. The van der Waals surface area contributed by atoms with Crippen molar-refractivity contribution in [1.29, 1.82) is 5.26 Å². The summed E-state index contributed by atoms with van der Waals surface area (Å²) in [7, 11) is 3.44. The van der Waals surface area contributed by atoms with Crippen LogP contribution in [0.3, 0.4) is 0 Å². The van der Waals surface area contributed by atoms with Gasteiger partial charge in [0.15, 0.2) is 11.2 Å². The van der Waals surface area contributed by atoms with Crippen LogP contribution in [0.5, 0.6) is 0 Å². The van der Waals surface area contributed by atoms with Gasteiger partial charge in [0.25, 0.3) is 5.56 Å². The number of aryl methyl sites for hydroxylation is 2. The lowest BCUT2D eigenvalue weighted by Gasteiger charge is -2.20. The highest BCUT2D eigenvalue weighted by molar-refractivity contribution is 5.87. The van der Waals surface area contributed by atoms with Gasteiger partial charge in [-0.15, -0.1) is 0 Å². The van der Waals surface area contributed by atoms with Crippen LogP contribution >= 0.6 is 0 Å². The molecule has 0 radical (unpaired) electrons. The van der Waals surface area contributed by atoms with Gasteiger partial charge in [-0.25, -0.2) is 4.79 Å². The molecule has 3 heterocycles. The van der Waals surface area contributed by atoms with Crippen LogP contribution in [0.4, 0.5) is 5.95 Å². The maximum absolute atomic E-state index is 13.5. The zero-order valence-corrected chi connectivity index (χ0v) is 19.1. The van der Waals surface area contributed by atoms with E-state index in [1.54, 1.807) is 17.8 Å². The van der Waals surface area contributed by atoms with Crippen LogP contribution in [0, 0.1) is 11.3 Å². The summed E-state index contributed by atoms with van der Waals surface area (Å²) in [6, 6.07) is 9.49. The summed E-state index contributed by atoms with van der Waals surface area (Å²) in [6.45, 7) is 4.72. The van der Waals surface area contributed by atoms with Gasteiger partial charge < -0.3 is 15.2 Å². The summed E-state index contributed by atoms with van der Waals surface area (Å²) in [5.74, 6) is 0.566. The SMILES string of the molecule is CCn1c(N(C)C[C@H](C)N)nc2c1c(=O)n(Cc1ncc3ccccc3c1C#N)c(=O)n2C. The molecule has 1 aromatic carbocycles. The Morgan fingerprint density at radius 3 is 2.64 bits per heavy atom. The van der Waals surface area contributed by atoms with Gasteiger partial charge in [-0.1, -0.05) is 24.3 Å². The number of aromatic nitrogens is 5. The average molecular weight is 447 g/mol. The highest BCUT2D eigenvalue weighted by Gasteiger charge is 2.23. The molecule has 4 rings (SSSR count). The third-order valence-electron chi connectivity index (χ3n) is 5.73. The molecule has 4 aromatic rings. The van der Waals surface area contributed by atoms with E-state index < -0.39 is 11.2 Å². The number of imidazole rings is 1. The Morgan fingerprint density at radius 1 is 1.24 bits per heavy atom. The van der Waals surface area contributed by atoms with Gasteiger partial charge in [0.1, 0.15) is 6.07 Å². The number of hydrogen-bond acceptors (Lipinski definition) is 7. The topological polar surface area (TPSA) is 128 Å². The Balaban J connectivity index is 1.93. The van der Waals surface area contributed by atoms with Gasteiger partial charge in [-0.2, -0.15) is 10.2 Å². The number of benzene rings is 1.